The molecule has 0 saturated heterocycles. The second kappa shape index (κ2) is 11.9. The number of rotatable bonds is 10. The van der Waals surface area contributed by atoms with Crippen molar-refractivity contribution in [3.8, 4) is 11.5 Å². The summed E-state index contributed by atoms with van der Waals surface area (Å²) in [5, 5.41) is 22.2. The van der Waals surface area contributed by atoms with Crippen molar-refractivity contribution in [3.63, 3.8) is 0 Å². The Kier molecular flexibility index (Phi) is 9.53. The number of alkyl halides is 3. The molecule has 0 aliphatic rings. The summed E-state index contributed by atoms with van der Waals surface area (Å²) in [6.45, 7) is 7.84. The highest BCUT2D eigenvalue weighted by Crippen LogP contribution is 2.41. The van der Waals surface area contributed by atoms with Crippen LogP contribution >= 0.6 is 0 Å². The molecule has 0 aromatic heterocycles. The molecule has 0 radical (unpaired) electrons. The van der Waals surface area contributed by atoms with E-state index in [1.165, 1.54) is 6.07 Å². The maximum Gasteiger partial charge on any atom is 0.433 e. The third-order valence-electron chi connectivity index (χ3n) is 5.67. The molecule has 0 saturated carbocycles. The van der Waals surface area contributed by atoms with Gasteiger partial charge in [-0.15, -0.1) is 0 Å². The Hall–Kier alpha value is -3.27. The summed E-state index contributed by atoms with van der Waals surface area (Å²) in [7, 11) is 0. The Bertz CT molecular complexity index is 1050. The first-order valence-electron chi connectivity index (χ1n) is 11.5. The summed E-state index contributed by atoms with van der Waals surface area (Å²) in [6, 6.07) is 8.74. The van der Waals surface area contributed by atoms with Crippen molar-refractivity contribution >= 4 is 11.5 Å². The van der Waals surface area contributed by atoms with E-state index in [0.717, 1.165) is 5.56 Å². The van der Waals surface area contributed by atoms with Crippen molar-refractivity contribution < 1.29 is 23.0 Å². The molecule has 7 nitrogen and oxygen atoms in total. The number of nitrogens with two attached hydrogens (primary N) is 2. The number of hydrogen-bond donors (Lipinski definition) is 5. The fourth-order valence-corrected chi connectivity index (χ4v) is 3.84. The van der Waals surface area contributed by atoms with Gasteiger partial charge in [0.1, 0.15) is 17.2 Å². The fraction of sp³-hybridized carbons (Fsp3) is 0.440. The second-order valence-electron chi connectivity index (χ2n) is 8.59. The minimum atomic E-state index is -4.91. The van der Waals surface area contributed by atoms with Crippen LogP contribution in [0.3, 0.4) is 0 Å². The highest BCUT2D eigenvalue weighted by Gasteiger charge is 2.38. The van der Waals surface area contributed by atoms with Crippen molar-refractivity contribution in [2.24, 2.45) is 16.8 Å². The maximum absolute atomic E-state index is 13.4. The monoisotopic (exact) mass is 493 g/mol. The molecule has 1 atom stereocenters. The Balaban J connectivity index is 2.73. The van der Waals surface area contributed by atoms with E-state index in [1.54, 1.807) is 0 Å². The predicted octanol–water partition coefficient (Wildman–Crippen LogP) is 5.21. The van der Waals surface area contributed by atoms with Crippen molar-refractivity contribution in [3.05, 3.63) is 58.1 Å². The van der Waals surface area contributed by atoms with E-state index in [-0.39, 0.29) is 23.6 Å². The SMILES string of the molecule is CCCc1cc(C(=N)C(F)(F)F)c(O)c(CCC)c1OC(/C(=N/N)NN)c1ccc(C(C)C)cc1. The van der Waals surface area contributed by atoms with Crippen molar-refractivity contribution in [2.45, 2.75) is 71.6 Å². The van der Waals surface area contributed by atoms with Gasteiger partial charge in [-0.2, -0.15) is 18.3 Å². The first kappa shape index (κ1) is 28.0. The smallest absolute Gasteiger partial charge is 0.433 e. The normalized spacial score (nSPS) is 13.1. The Morgan fingerprint density at radius 3 is 2.14 bits per heavy atom. The number of hydrazine groups is 1. The molecule has 0 heterocycles. The Labute approximate surface area is 203 Å². The molecule has 0 amide bonds. The lowest BCUT2D eigenvalue weighted by molar-refractivity contribution is -0.0588. The van der Waals surface area contributed by atoms with Crippen LogP contribution in [0.2, 0.25) is 0 Å². The zero-order valence-corrected chi connectivity index (χ0v) is 20.5. The van der Waals surface area contributed by atoms with Gasteiger partial charge in [0.05, 0.1) is 0 Å². The van der Waals surface area contributed by atoms with Gasteiger partial charge in [-0.25, -0.2) is 5.84 Å². The molecule has 0 aliphatic heterocycles. The van der Waals surface area contributed by atoms with Gasteiger partial charge in [0.25, 0.3) is 0 Å². The molecule has 2 rings (SSSR count). The molecular formula is C25H34F3N5O2. The average molecular weight is 494 g/mol. The lowest BCUT2D eigenvalue weighted by Gasteiger charge is -2.26. The van der Waals surface area contributed by atoms with Gasteiger partial charge >= 0.3 is 6.18 Å². The van der Waals surface area contributed by atoms with Gasteiger partial charge in [0, 0.05) is 16.7 Å². The van der Waals surface area contributed by atoms with Crippen LogP contribution in [-0.4, -0.2) is 22.8 Å². The molecule has 1 unspecified atom stereocenters. The number of halogens is 3. The fourth-order valence-electron chi connectivity index (χ4n) is 3.84. The van der Waals surface area contributed by atoms with E-state index in [0.29, 0.717) is 36.3 Å². The number of ether oxygens (including phenoxy) is 1. The van der Waals surface area contributed by atoms with Crippen molar-refractivity contribution in [1.29, 1.82) is 5.41 Å². The minimum absolute atomic E-state index is 0.0961. The number of aromatic hydroxyl groups is 1. The highest BCUT2D eigenvalue weighted by atomic mass is 19.4. The molecule has 192 valence electrons. The van der Waals surface area contributed by atoms with Crippen LogP contribution in [0, 0.1) is 5.41 Å². The number of aryl methyl sites for hydroxylation is 1. The first-order chi connectivity index (χ1) is 16.5. The van der Waals surface area contributed by atoms with Crippen LogP contribution in [0.4, 0.5) is 13.2 Å². The van der Waals surface area contributed by atoms with Crippen LogP contribution in [-0.2, 0) is 12.8 Å². The molecule has 0 aliphatic carbocycles. The van der Waals surface area contributed by atoms with Crippen molar-refractivity contribution in [2.75, 3.05) is 0 Å². The molecule has 35 heavy (non-hydrogen) atoms. The molecule has 2 aromatic carbocycles. The largest absolute Gasteiger partial charge is 0.507 e. The third kappa shape index (κ3) is 6.45. The van der Waals surface area contributed by atoms with Gasteiger partial charge in [-0.1, -0.05) is 64.8 Å². The first-order valence-corrected chi connectivity index (χ1v) is 11.5. The van der Waals surface area contributed by atoms with Crippen LogP contribution in [0.5, 0.6) is 11.5 Å². The van der Waals surface area contributed by atoms with E-state index in [2.05, 4.69) is 24.4 Å². The average Bonchev–Trinajstić information content (AvgIpc) is 2.81. The third-order valence-corrected chi connectivity index (χ3v) is 5.67. The molecule has 0 bridgehead atoms. The number of phenols is 1. The van der Waals surface area contributed by atoms with Crippen molar-refractivity contribution in [1.82, 2.24) is 5.43 Å². The number of amidine groups is 1. The number of hydrazone groups is 1. The summed E-state index contributed by atoms with van der Waals surface area (Å²) in [6.07, 6.45) is -4.08. The lowest BCUT2D eigenvalue weighted by atomic mass is 9.94. The van der Waals surface area contributed by atoms with E-state index >= 15 is 0 Å². The van der Waals surface area contributed by atoms with Gasteiger partial charge in [0.15, 0.2) is 11.9 Å². The highest BCUT2D eigenvalue weighted by molar-refractivity contribution is 6.05. The number of phenolic OH excluding ortho intramolecular Hbond substituents is 1. The molecule has 0 fully saturated rings. The Morgan fingerprint density at radius 1 is 1.11 bits per heavy atom. The quantitative estimate of drug-likeness (QED) is 0.134. The molecule has 10 heteroatoms. The van der Waals surface area contributed by atoms with E-state index < -0.39 is 29.3 Å². The second-order valence-corrected chi connectivity index (χ2v) is 8.59. The van der Waals surface area contributed by atoms with Crippen LogP contribution in [0.15, 0.2) is 35.4 Å². The topological polar surface area (TPSA) is 130 Å². The van der Waals surface area contributed by atoms with Gasteiger partial charge in [0.2, 0.25) is 0 Å². The summed E-state index contributed by atoms with van der Waals surface area (Å²) < 4.78 is 46.4. The molecule has 2 aromatic rings. The van der Waals surface area contributed by atoms with Gasteiger partial charge in [-0.3, -0.25) is 5.41 Å². The summed E-state index contributed by atoms with van der Waals surface area (Å²) in [4.78, 5) is 0. The summed E-state index contributed by atoms with van der Waals surface area (Å²) >= 11 is 0. The summed E-state index contributed by atoms with van der Waals surface area (Å²) in [5.41, 5.74) is 2.65. The maximum atomic E-state index is 13.4. The summed E-state index contributed by atoms with van der Waals surface area (Å²) in [5.74, 6) is 11.2. The van der Waals surface area contributed by atoms with E-state index in [1.807, 2.05) is 38.1 Å². The Morgan fingerprint density at radius 2 is 1.69 bits per heavy atom. The van der Waals surface area contributed by atoms with Gasteiger partial charge in [-0.05, 0) is 36.0 Å². The van der Waals surface area contributed by atoms with E-state index in [4.69, 9.17) is 21.8 Å². The predicted molar refractivity (Wildman–Crippen MR) is 132 cm³/mol. The zero-order valence-electron chi connectivity index (χ0n) is 20.5. The number of hydrogen-bond acceptors (Lipinski definition) is 6. The lowest BCUT2D eigenvalue weighted by Crippen LogP contribution is -2.38. The van der Waals surface area contributed by atoms with Crippen LogP contribution in [0.1, 0.15) is 80.4 Å². The zero-order chi connectivity index (χ0) is 26.3. The standard InChI is InChI=1S/C25H34F3N5O2/c1-5-7-17-13-19(23(29)25(26,27)28)20(34)18(8-6-2)21(17)35-22(24(32-30)33-31)16-11-9-15(10-12-16)14(3)4/h9-14,22,29,34H,5-8,30-31H2,1-4H3,(H,32,33). The van der Waals surface area contributed by atoms with Crippen LogP contribution < -0.4 is 21.8 Å². The number of nitrogens with zero attached hydrogens (tertiary/aromatic N) is 1. The minimum Gasteiger partial charge on any atom is -0.507 e. The van der Waals surface area contributed by atoms with Gasteiger partial charge < -0.3 is 21.1 Å². The van der Waals surface area contributed by atoms with E-state index in [9.17, 15) is 18.3 Å². The molecule has 0 spiro atoms. The molecular weight excluding hydrogens is 459 g/mol. The number of benzene rings is 2. The number of nitrogens with one attached hydrogen (secondary N) is 2. The molecule has 7 N–H and O–H groups in total. The van der Waals surface area contributed by atoms with Crippen LogP contribution in [0.25, 0.3) is 0 Å².